The number of amides is 2. The molecule has 286 valence electrons. The molecule has 4 rings (SSSR count). The number of aliphatic hydroxyl groups excluding tert-OH is 6. The first-order valence-electron chi connectivity index (χ1n) is 16.9. The Morgan fingerprint density at radius 3 is 1.87 bits per heavy atom. The molecule has 2 aliphatic rings. The van der Waals surface area contributed by atoms with Gasteiger partial charge < -0.3 is 55.5 Å². The van der Waals surface area contributed by atoms with Crippen LogP contribution in [0.2, 0.25) is 0 Å². The number of benzene rings is 2. The lowest BCUT2D eigenvalue weighted by atomic mass is 9.75. The number of halogens is 2. The lowest BCUT2D eigenvalue weighted by Gasteiger charge is -2.44. The van der Waals surface area contributed by atoms with Crippen molar-refractivity contribution in [2.45, 2.75) is 81.8 Å². The maximum Gasteiger partial charge on any atom is 0.224 e. The number of hydrogen-bond acceptors (Lipinski definition) is 12. The van der Waals surface area contributed by atoms with Crippen LogP contribution in [0.4, 0.5) is 8.78 Å². The summed E-state index contributed by atoms with van der Waals surface area (Å²) in [7, 11) is 0. The molecule has 0 aromatic heterocycles. The Balaban J connectivity index is 1.53. The Morgan fingerprint density at radius 2 is 1.38 bits per heavy atom. The molecule has 1 heterocycles. The second kappa shape index (κ2) is 19.9. The van der Waals surface area contributed by atoms with Crippen LogP contribution in [0, 0.1) is 23.5 Å². The van der Waals surface area contributed by atoms with Gasteiger partial charge in [0.15, 0.2) is 6.29 Å². The lowest BCUT2D eigenvalue weighted by Crippen LogP contribution is -2.61. The van der Waals surface area contributed by atoms with Crippen molar-refractivity contribution in [2.75, 3.05) is 32.8 Å². The zero-order valence-corrected chi connectivity index (χ0v) is 28.3. The average Bonchev–Trinajstić information content (AvgIpc) is 3.13. The fourth-order valence-electron chi connectivity index (χ4n) is 6.34. The zero-order chi connectivity index (χ0) is 37.8. The Labute approximate surface area is 297 Å². The Kier molecular flexibility index (Phi) is 15.6. The molecular weight excluding hydrogens is 692 g/mol. The fraction of sp³-hybridized carbons (Fsp3) is 0.588. The van der Waals surface area contributed by atoms with Crippen molar-refractivity contribution < 1.29 is 63.2 Å². The first-order valence-corrected chi connectivity index (χ1v) is 16.9. The maximum absolute atomic E-state index is 14.2. The molecule has 0 radical (unpaired) electrons. The molecule has 8 N–H and O–H groups in total. The van der Waals surface area contributed by atoms with Gasteiger partial charge in [0.1, 0.15) is 36.1 Å². The van der Waals surface area contributed by atoms with E-state index in [9.17, 15) is 49.0 Å². The normalized spacial score (nSPS) is 27.4. The highest BCUT2D eigenvalue weighted by atomic mass is 19.1. The van der Waals surface area contributed by atoms with Gasteiger partial charge in [0.2, 0.25) is 11.8 Å². The van der Waals surface area contributed by atoms with Crippen molar-refractivity contribution in [1.82, 2.24) is 10.6 Å². The van der Waals surface area contributed by atoms with E-state index in [1.807, 2.05) is 0 Å². The van der Waals surface area contributed by atoms with Crippen LogP contribution >= 0.6 is 0 Å². The van der Waals surface area contributed by atoms with Gasteiger partial charge in [0.05, 0.1) is 50.5 Å². The predicted octanol–water partition coefficient (Wildman–Crippen LogP) is -0.126. The van der Waals surface area contributed by atoms with E-state index in [1.165, 1.54) is 24.3 Å². The van der Waals surface area contributed by atoms with Crippen molar-refractivity contribution in [3.8, 4) is 0 Å². The molecule has 18 heteroatoms. The molecule has 9 atom stereocenters. The zero-order valence-electron chi connectivity index (χ0n) is 28.3. The molecule has 52 heavy (non-hydrogen) atoms. The number of nitrogens with zero attached hydrogens (tertiary/aromatic N) is 3. The highest BCUT2D eigenvalue weighted by molar-refractivity contribution is 5.88. The largest absolute Gasteiger partial charge is 0.394 e. The van der Waals surface area contributed by atoms with Crippen LogP contribution in [-0.4, -0.2) is 118 Å². The molecule has 2 fully saturated rings. The lowest BCUT2D eigenvalue weighted by molar-refractivity contribution is -0.321. The number of carbonyl (C=O) groups is 2. The van der Waals surface area contributed by atoms with Crippen LogP contribution < -0.4 is 10.6 Å². The van der Waals surface area contributed by atoms with Crippen LogP contribution in [0.15, 0.2) is 41.5 Å². The standard InChI is InChI=1S/C34H45F2N5O11/c35-24-11-18(1-3-20(24)15-42)5-7-38-32(48)22-13-26(50-10-9-40-41-37)27(51-34-31(47)30(46)29(45)28(17-44)52-34)14-23(22)33(49)39-8-6-19-2-4-21(16-43)25(36)12-19/h1-4,11-12,22-23,26-31,34,42-47H,5-10,13-17H2,(H,38,48)(H,39,49)/t22-,23-,26-,27-,28+,29+,30-,31-,34-/m0/s1. The van der Waals surface area contributed by atoms with Crippen LogP contribution in [0.5, 0.6) is 0 Å². The minimum Gasteiger partial charge on any atom is -0.394 e. The molecule has 0 spiro atoms. The summed E-state index contributed by atoms with van der Waals surface area (Å²) in [6.07, 6.45) is -9.81. The quantitative estimate of drug-likeness (QED) is 0.0459. The number of carbonyl (C=O) groups excluding carboxylic acids is 2. The van der Waals surface area contributed by atoms with Crippen LogP contribution in [0.25, 0.3) is 10.4 Å². The average molecular weight is 738 g/mol. The summed E-state index contributed by atoms with van der Waals surface area (Å²) in [6.45, 7) is -1.69. The van der Waals surface area contributed by atoms with Crippen molar-refractivity contribution >= 4 is 11.8 Å². The summed E-state index contributed by atoms with van der Waals surface area (Å²) in [5.41, 5.74) is 10.1. The van der Waals surface area contributed by atoms with Crippen LogP contribution in [0.3, 0.4) is 0 Å². The van der Waals surface area contributed by atoms with Gasteiger partial charge >= 0.3 is 0 Å². The minimum absolute atomic E-state index is 0.0569. The van der Waals surface area contributed by atoms with Gasteiger partial charge in [0, 0.05) is 35.7 Å². The van der Waals surface area contributed by atoms with Crippen molar-refractivity contribution in [1.29, 1.82) is 0 Å². The van der Waals surface area contributed by atoms with Gasteiger partial charge in [-0.3, -0.25) is 9.59 Å². The highest BCUT2D eigenvalue weighted by Gasteiger charge is 2.49. The molecule has 16 nitrogen and oxygen atoms in total. The Morgan fingerprint density at radius 1 is 0.846 bits per heavy atom. The summed E-state index contributed by atoms with van der Waals surface area (Å²) < 4.78 is 45.9. The molecule has 1 saturated heterocycles. The molecule has 2 aromatic carbocycles. The van der Waals surface area contributed by atoms with Gasteiger partial charge in [-0.05, 0) is 54.5 Å². The number of hydrogen-bond donors (Lipinski definition) is 8. The van der Waals surface area contributed by atoms with Crippen molar-refractivity contribution in [2.24, 2.45) is 17.0 Å². The fourth-order valence-corrected chi connectivity index (χ4v) is 6.34. The first kappa shape index (κ1) is 41.0. The number of azide groups is 1. The molecule has 2 amide bonds. The molecule has 1 aliphatic heterocycles. The van der Waals surface area contributed by atoms with Gasteiger partial charge in [0.25, 0.3) is 0 Å². The first-order chi connectivity index (χ1) is 25.0. The van der Waals surface area contributed by atoms with Crippen LogP contribution in [-0.2, 0) is 49.9 Å². The van der Waals surface area contributed by atoms with E-state index in [1.54, 1.807) is 12.1 Å². The van der Waals surface area contributed by atoms with Crippen molar-refractivity contribution in [3.05, 3.63) is 80.7 Å². The minimum atomic E-state index is -1.76. The van der Waals surface area contributed by atoms with Crippen molar-refractivity contribution in [3.63, 3.8) is 0 Å². The number of rotatable bonds is 17. The highest BCUT2D eigenvalue weighted by Crippen LogP contribution is 2.36. The summed E-state index contributed by atoms with van der Waals surface area (Å²) in [5.74, 6) is -4.32. The molecule has 2 aromatic rings. The van der Waals surface area contributed by atoms with E-state index in [0.29, 0.717) is 11.1 Å². The molecule has 1 aliphatic carbocycles. The topological polar surface area (TPSA) is 256 Å². The third kappa shape index (κ3) is 10.6. The SMILES string of the molecule is [N-]=[N+]=NCCO[C@H]1C[C@H](C(=O)NCCc2ccc(CO)c(F)c2)[C@@H](C(=O)NCCc2ccc(CO)c(F)c2)C[C@@H]1O[C@H]1O[C@H](CO)[C@@H](O)[C@H](O)[C@@H]1O. The molecule has 1 saturated carbocycles. The number of ether oxygens (including phenoxy) is 3. The second-order valence-corrected chi connectivity index (χ2v) is 12.7. The van der Waals surface area contributed by atoms with E-state index in [2.05, 4.69) is 20.7 Å². The smallest absolute Gasteiger partial charge is 0.224 e. The number of aliphatic hydroxyl groups is 6. The van der Waals surface area contributed by atoms with Crippen LogP contribution in [0.1, 0.15) is 35.1 Å². The monoisotopic (exact) mass is 737 g/mol. The summed E-state index contributed by atoms with van der Waals surface area (Å²) in [6, 6.07) is 8.62. The van der Waals surface area contributed by atoms with E-state index >= 15 is 0 Å². The van der Waals surface area contributed by atoms with Gasteiger partial charge in [-0.2, -0.15) is 0 Å². The Bertz CT molecular complexity index is 1550. The number of nitrogens with one attached hydrogen (secondary N) is 2. The molecule has 0 unspecified atom stereocenters. The van der Waals surface area contributed by atoms with E-state index in [-0.39, 0.29) is 63.1 Å². The Hall–Kier alpha value is -3.81. The van der Waals surface area contributed by atoms with Gasteiger partial charge in [-0.1, -0.05) is 29.4 Å². The summed E-state index contributed by atoms with van der Waals surface area (Å²) >= 11 is 0. The molecular formula is C34H45F2N5O11. The predicted molar refractivity (Wildman–Crippen MR) is 177 cm³/mol. The van der Waals surface area contributed by atoms with E-state index in [4.69, 9.17) is 19.7 Å². The second-order valence-electron chi connectivity index (χ2n) is 12.7. The third-order valence-corrected chi connectivity index (χ3v) is 9.29. The third-order valence-electron chi connectivity index (χ3n) is 9.29. The van der Waals surface area contributed by atoms with Gasteiger partial charge in [-0.15, -0.1) is 0 Å². The van der Waals surface area contributed by atoms with E-state index in [0.717, 1.165) is 0 Å². The summed E-state index contributed by atoms with van der Waals surface area (Å²) in [4.78, 5) is 30.2. The van der Waals surface area contributed by atoms with E-state index < -0.39 is 98.0 Å². The molecule has 0 bridgehead atoms. The van der Waals surface area contributed by atoms with Gasteiger partial charge in [-0.25, -0.2) is 8.78 Å². The maximum atomic E-state index is 14.2. The summed E-state index contributed by atoms with van der Waals surface area (Å²) in [5, 5.41) is 68.4.